The van der Waals surface area contributed by atoms with E-state index in [1.54, 1.807) is 0 Å². The number of ether oxygens (including phenoxy) is 1. The molecule has 1 aliphatic carbocycles. The minimum atomic E-state index is -0.333. The van der Waals surface area contributed by atoms with Crippen LogP contribution in [0.5, 0.6) is 0 Å². The average Bonchev–Trinajstić information content (AvgIpc) is 2.70. The van der Waals surface area contributed by atoms with Crippen LogP contribution in [0.25, 0.3) is 0 Å². The van der Waals surface area contributed by atoms with Crippen molar-refractivity contribution in [3.8, 4) is 0 Å². The highest BCUT2D eigenvalue weighted by Crippen LogP contribution is 2.41. The van der Waals surface area contributed by atoms with Crippen LogP contribution in [-0.4, -0.2) is 30.6 Å². The Morgan fingerprint density at radius 3 is 2.60 bits per heavy atom. The predicted molar refractivity (Wildman–Crippen MR) is 118 cm³/mol. The zero-order chi connectivity index (χ0) is 22.5. The van der Waals surface area contributed by atoms with Crippen LogP contribution in [-0.2, 0) is 24.1 Å². The molecular weight excluding hydrogens is 380 g/mol. The molecule has 0 aromatic carbocycles. The zero-order valence-electron chi connectivity index (χ0n) is 19.9. The molecule has 5 heteroatoms. The molecule has 0 N–H and O–H groups in total. The van der Waals surface area contributed by atoms with Crippen LogP contribution in [0.2, 0.25) is 0 Å². The number of carbonyl (C=O) groups is 2. The van der Waals surface area contributed by atoms with Crippen molar-refractivity contribution in [2.75, 3.05) is 7.11 Å². The first-order chi connectivity index (χ1) is 14.0. The van der Waals surface area contributed by atoms with Gasteiger partial charge in [-0.05, 0) is 83.6 Å². The van der Waals surface area contributed by atoms with Crippen LogP contribution < -0.4 is 0 Å². The van der Waals surface area contributed by atoms with Gasteiger partial charge >= 0.3 is 5.97 Å². The topological polar surface area (TPSA) is 61.8 Å². The van der Waals surface area contributed by atoms with Crippen molar-refractivity contribution < 1.29 is 24.1 Å². The molecule has 1 heterocycles. The summed E-state index contributed by atoms with van der Waals surface area (Å²) in [5, 5.41) is 0. The minimum Gasteiger partial charge on any atom is -0.469 e. The van der Waals surface area contributed by atoms with Crippen LogP contribution in [0.3, 0.4) is 0 Å². The number of carbonyl (C=O) groups excluding carboxylic acids is 2. The molecule has 1 saturated heterocycles. The maximum atomic E-state index is 12.1. The van der Waals surface area contributed by atoms with Crippen LogP contribution in [0.1, 0.15) is 92.9 Å². The summed E-state index contributed by atoms with van der Waals surface area (Å²) in [7, 11) is 1.40. The third kappa shape index (κ3) is 6.27. The maximum Gasteiger partial charge on any atom is 0.311 e. The Labute approximate surface area is 182 Å². The van der Waals surface area contributed by atoms with Gasteiger partial charge in [0.2, 0.25) is 0 Å². The third-order valence-electron chi connectivity index (χ3n) is 7.06. The fourth-order valence-corrected chi connectivity index (χ4v) is 4.57. The van der Waals surface area contributed by atoms with Gasteiger partial charge in [-0.1, -0.05) is 31.1 Å². The van der Waals surface area contributed by atoms with Gasteiger partial charge in [-0.15, -0.1) is 0 Å². The van der Waals surface area contributed by atoms with Crippen LogP contribution >= 0.6 is 0 Å². The van der Waals surface area contributed by atoms with E-state index in [1.807, 2.05) is 13.8 Å². The number of esters is 1. The largest absolute Gasteiger partial charge is 0.469 e. The first kappa shape index (κ1) is 24.8. The first-order valence-electron chi connectivity index (χ1n) is 11.3. The molecule has 0 aromatic heterocycles. The fraction of sp³-hybridized carbons (Fsp3) is 0.760. The quantitative estimate of drug-likeness (QED) is 0.279. The Balaban J connectivity index is 1.82. The van der Waals surface area contributed by atoms with Crippen molar-refractivity contribution in [2.24, 2.45) is 11.3 Å². The summed E-state index contributed by atoms with van der Waals surface area (Å²) in [6.45, 7) is 12.6. The molecular formula is C25H40O5. The molecule has 2 rings (SSSR count). The third-order valence-corrected chi connectivity index (χ3v) is 7.06. The molecule has 0 amide bonds. The number of ketones is 1. The van der Waals surface area contributed by atoms with Gasteiger partial charge in [0, 0.05) is 6.42 Å². The molecule has 0 spiro atoms. The van der Waals surface area contributed by atoms with Crippen LogP contribution in [0.15, 0.2) is 22.8 Å². The SMILES string of the molecule is COC(=O)[C@H](C)[C@@H]1CC[C@@](C)(CC/C=C(\C)CCC2=C(C)C(=O)CCC2(C)C)OO1. The summed E-state index contributed by atoms with van der Waals surface area (Å²) in [5.74, 6) is -0.275. The number of hydrogen-bond donors (Lipinski definition) is 0. The van der Waals surface area contributed by atoms with E-state index >= 15 is 0 Å². The standard InChI is InChI=1S/C25H40O5/c1-17(10-11-20-18(2)21(26)12-15-24(20,4)5)9-8-14-25(6)16-13-22(29-30-25)19(3)23(27)28-7/h9,19,22H,8,10-16H2,1-7H3/b17-9+/t19-,22+,25-/m1/s1. The van der Waals surface area contributed by atoms with Crippen molar-refractivity contribution in [3.63, 3.8) is 0 Å². The molecule has 170 valence electrons. The normalized spacial score (nSPS) is 28.4. The molecule has 5 nitrogen and oxygen atoms in total. The Morgan fingerprint density at radius 1 is 1.30 bits per heavy atom. The number of Topliss-reactive ketones (excluding diaryl/α,β-unsaturated/α-hetero) is 1. The van der Waals surface area contributed by atoms with E-state index in [4.69, 9.17) is 14.5 Å². The van der Waals surface area contributed by atoms with Gasteiger partial charge in [0.15, 0.2) is 5.78 Å². The number of hydrogen-bond acceptors (Lipinski definition) is 5. The summed E-state index contributed by atoms with van der Waals surface area (Å²) in [5.41, 5.74) is 3.45. The molecule has 2 aliphatic rings. The second-order valence-corrected chi connectivity index (χ2v) is 10.0. The van der Waals surface area contributed by atoms with Crippen LogP contribution in [0.4, 0.5) is 0 Å². The van der Waals surface area contributed by atoms with Gasteiger partial charge in [-0.2, -0.15) is 0 Å². The summed E-state index contributed by atoms with van der Waals surface area (Å²) < 4.78 is 4.80. The Kier molecular flexibility index (Phi) is 8.46. The summed E-state index contributed by atoms with van der Waals surface area (Å²) in [4.78, 5) is 35.1. The maximum absolute atomic E-state index is 12.1. The van der Waals surface area contributed by atoms with E-state index in [0.29, 0.717) is 12.2 Å². The number of rotatable bonds is 8. The van der Waals surface area contributed by atoms with E-state index < -0.39 is 0 Å². The molecule has 0 aromatic rings. The van der Waals surface area contributed by atoms with Crippen molar-refractivity contribution in [2.45, 2.75) is 105 Å². The molecule has 30 heavy (non-hydrogen) atoms. The Bertz CT molecular complexity index is 692. The lowest BCUT2D eigenvalue weighted by Crippen LogP contribution is -2.41. The average molecular weight is 421 g/mol. The van der Waals surface area contributed by atoms with E-state index in [1.165, 1.54) is 18.3 Å². The summed E-state index contributed by atoms with van der Waals surface area (Å²) in [6.07, 6.45) is 9.03. The van der Waals surface area contributed by atoms with Gasteiger partial charge in [0.25, 0.3) is 0 Å². The van der Waals surface area contributed by atoms with E-state index in [0.717, 1.165) is 50.5 Å². The summed E-state index contributed by atoms with van der Waals surface area (Å²) >= 11 is 0. The van der Waals surface area contributed by atoms with Gasteiger partial charge < -0.3 is 4.74 Å². The molecule has 0 bridgehead atoms. The van der Waals surface area contributed by atoms with Crippen molar-refractivity contribution in [1.82, 2.24) is 0 Å². The smallest absolute Gasteiger partial charge is 0.311 e. The monoisotopic (exact) mass is 420 g/mol. The lowest BCUT2D eigenvalue weighted by molar-refractivity contribution is -0.411. The van der Waals surface area contributed by atoms with Gasteiger partial charge in [0.05, 0.1) is 13.0 Å². The number of methoxy groups -OCH3 is 1. The van der Waals surface area contributed by atoms with Crippen molar-refractivity contribution >= 4 is 11.8 Å². The molecule has 3 atom stereocenters. The molecule has 0 radical (unpaired) electrons. The molecule has 0 saturated carbocycles. The Morgan fingerprint density at radius 2 is 2.00 bits per heavy atom. The van der Waals surface area contributed by atoms with Gasteiger partial charge in [0.1, 0.15) is 11.7 Å². The highest BCUT2D eigenvalue weighted by molar-refractivity contribution is 5.96. The van der Waals surface area contributed by atoms with Gasteiger partial charge in [-0.3, -0.25) is 9.59 Å². The number of allylic oxidation sites excluding steroid dienone is 4. The zero-order valence-corrected chi connectivity index (χ0v) is 19.9. The lowest BCUT2D eigenvalue weighted by Gasteiger charge is -2.37. The second-order valence-electron chi connectivity index (χ2n) is 10.0. The fourth-order valence-electron chi connectivity index (χ4n) is 4.57. The second kappa shape index (κ2) is 10.2. The van der Waals surface area contributed by atoms with E-state index in [9.17, 15) is 9.59 Å². The van der Waals surface area contributed by atoms with Crippen molar-refractivity contribution in [3.05, 3.63) is 22.8 Å². The highest BCUT2D eigenvalue weighted by atomic mass is 17.2. The minimum absolute atomic E-state index is 0.122. The lowest BCUT2D eigenvalue weighted by atomic mass is 9.70. The van der Waals surface area contributed by atoms with Crippen LogP contribution in [0, 0.1) is 11.3 Å². The molecule has 1 fully saturated rings. The molecule has 0 unspecified atom stereocenters. The van der Waals surface area contributed by atoms with Crippen molar-refractivity contribution in [1.29, 1.82) is 0 Å². The Hall–Kier alpha value is -1.46. The van der Waals surface area contributed by atoms with Gasteiger partial charge in [-0.25, -0.2) is 9.78 Å². The predicted octanol–water partition coefficient (Wildman–Crippen LogP) is 5.88. The van der Waals surface area contributed by atoms with E-state index in [2.05, 4.69) is 33.8 Å². The summed E-state index contributed by atoms with van der Waals surface area (Å²) in [6, 6.07) is 0. The first-order valence-corrected chi connectivity index (χ1v) is 11.3. The highest BCUT2D eigenvalue weighted by Gasteiger charge is 2.38. The van der Waals surface area contributed by atoms with E-state index in [-0.39, 0.29) is 29.0 Å². The molecule has 1 aliphatic heterocycles.